The summed E-state index contributed by atoms with van der Waals surface area (Å²) in [5.74, 6) is 0.540. The molecule has 0 saturated carbocycles. The third-order valence-corrected chi connectivity index (χ3v) is 5.89. The van der Waals surface area contributed by atoms with Crippen LogP contribution >= 0.6 is 11.8 Å². The third-order valence-electron chi connectivity index (χ3n) is 3.67. The number of sulfonamides is 1. The van der Waals surface area contributed by atoms with Gasteiger partial charge in [0.1, 0.15) is 0 Å². The fraction of sp³-hybridized carbons (Fsp3) is 0.533. The molecule has 5 nitrogen and oxygen atoms in total. The monoisotopic (exact) mass is 342 g/mol. The van der Waals surface area contributed by atoms with Gasteiger partial charge in [-0.3, -0.25) is 4.79 Å². The van der Waals surface area contributed by atoms with Crippen LogP contribution in [0.2, 0.25) is 0 Å². The van der Waals surface area contributed by atoms with Crippen LogP contribution in [0, 0.1) is 5.92 Å². The third kappa shape index (κ3) is 4.47. The minimum atomic E-state index is -3.23. The molecule has 1 heterocycles. The van der Waals surface area contributed by atoms with E-state index < -0.39 is 10.0 Å². The summed E-state index contributed by atoms with van der Waals surface area (Å²) in [6.45, 7) is 2.84. The molecule has 1 unspecified atom stereocenters. The van der Waals surface area contributed by atoms with Crippen molar-refractivity contribution in [3.63, 3.8) is 0 Å². The maximum absolute atomic E-state index is 12.5. The number of rotatable bonds is 5. The average molecular weight is 342 g/mol. The number of piperidine rings is 1. The summed E-state index contributed by atoms with van der Waals surface area (Å²) >= 11 is 1.67. The zero-order chi connectivity index (χ0) is 16.2. The molecule has 1 atom stereocenters. The van der Waals surface area contributed by atoms with Crippen LogP contribution in [0.1, 0.15) is 19.8 Å². The van der Waals surface area contributed by atoms with Gasteiger partial charge in [0, 0.05) is 18.0 Å². The Kier molecular flexibility index (Phi) is 5.88. The predicted octanol–water partition coefficient (Wildman–Crippen LogP) is 2.41. The number of anilines is 1. The summed E-state index contributed by atoms with van der Waals surface area (Å²) in [7, 11) is -3.23. The van der Waals surface area contributed by atoms with E-state index in [0.717, 1.165) is 29.2 Å². The average Bonchev–Trinajstić information content (AvgIpc) is 2.49. The number of hydrogen-bond acceptors (Lipinski definition) is 4. The van der Waals surface area contributed by atoms with Crippen molar-refractivity contribution in [1.29, 1.82) is 0 Å². The first-order valence-electron chi connectivity index (χ1n) is 7.39. The number of amides is 1. The van der Waals surface area contributed by atoms with Gasteiger partial charge in [-0.15, -0.1) is 11.8 Å². The molecular formula is C15H22N2O3S2. The molecule has 1 aliphatic rings. The highest BCUT2D eigenvalue weighted by Gasteiger charge is 2.30. The normalized spacial score (nSPS) is 19.8. The van der Waals surface area contributed by atoms with Crippen molar-refractivity contribution in [1.82, 2.24) is 4.31 Å². The maximum atomic E-state index is 12.5. The van der Waals surface area contributed by atoms with E-state index in [1.54, 1.807) is 11.8 Å². The lowest BCUT2D eigenvalue weighted by molar-refractivity contribution is -0.120. The SMILES string of the molecule is CCSc1ccccc1NC(=O)C1CCCN(S(C)(=O)=O)C1. The highest BCUT2D eigenvalue weighted by molar-refractivity contribution is 7.99. The van der Waals surface area contributed by atoms with Crippen LogP contribution in [0.5, 0.6) is 0 Å². The first kappa shape index (κ1) is 17.3. The van der Waals surface area contributed by atoms with Gasteiger partial charge in [-0.1, -0.05) is 19.1 Å². The number of hydrogen-bond donors (Lipinski definition) is 1. The fourth-order valence-corrected chi connectivity index (χ4v) is 4.22. The van der Waals surface area contributed by atoms with Crippen molar-refractivity contribution < 1.29 is 13.2 Å². The van der Waals surface area contributed by atoms with Crippen molar-refractivity contribution >= 4 is 33.4 Å². The Balaban J connectivity index is 2.06. The second kappa shape index (κ2) is 7.48. The Morgan fingerprint density at radius 3 is 2.82 bits per heavy atom. The second-order valence-electron chi connectivity index (χ2n) is 5.38. The number of nitrogens with one attached hydrogen (secondary N) is 1. The van der Waals surface area contributed by atoms with E-state index in [9.17, 15) is 13.2 Å². The Morgan fingerprint density at radius 1 is 1.41 bits per heavy atom. The van der Waals surface area contributed by atoms with Crippen LogP contribution in [0.25, 0.3) is 0 Å². The Bertz CT molecular complexity index is 631. The number of nitrogens with zero attached hydrogens (tertiary/aromatic N) is 1. The molecule has 0 aromatic heterocycles. The Labute approximate surface area is 136 Å². The molecule has 0 radical (unpaired) electrons. The van der Waals surface area contributed by atoms with Crippen LogP contribution in [0.4, 0.5) is 5.69 Å². The van der Waals surface area contributed by atoms with Crippen LogP contribution in [0.15, 0.2) is 29.2 Å². The van der Waals surface area contributed by atoms with Crippen LogP contribution in [0.3, 0.4) is 0 Å². The van der Waals surface area contributed by atoms with Gasteiger partial charge in [0.05, 0.1) is 17.9 Å². The fourth-order valence-electron chi connectivity index (χ4n) is 2.54. The number of carbonyl (C=O) groups excluding carboxylic acids is 1. The molecule has 1 aromatic carbocycles. The second-order valence-corrected chi connectivity index (χ2v) is 8.67. The molecule has 1 aliphatic heterocycles. The smallest absolute Gasteiger partial charge is 0.228 e. The summed E-state index contributed by atoms with van der Waals surface area (Å²) in [4.78, 5) is 13.5. The van der Waals surface area contributed by atoms with Gasteiger partial charge in [0.25, 0.3) is 0 Å². The summed E-state index contributed by atoms with van der Waals surface area (Å²) in [6.07, 6.45) is 2.64. The van der Waals surface area contributed by atoms with Crippen LogP contribution < -0.4 is 5.32 Å². The van der Waals surface area contributed by atoms with Gasteiger partial charge in [0.15, 0.2) is 0 Å². The van der Waals surface area contributed by atoms with Gasteiger partial charge in [-0.05, 0) is 30.7 Å². The van der Waals surface area contributed by atoms with Gasteiger partial charge in [-0.25, -0.2) is 12.7 Å². The Hall–Kier alpha value is -1.05. The minimum Gasteiger partial charge on any atom is -0.325 e. The number of benzene rings is 1. The van der Waals surface area contributed by atoms with Gasteiger partial charge >= 0.3 is 0 Å². The molecular weight excluding hydrogens is 320 g/mol. The molecule has 122 valence electrons. The molecule has 1 saturated heterocycles. The zero-order valence-corrected chi connectivity index (χ0v) is 14.5. The summed E-state index contributed by atoms with van der Waals surface area (Å²) in [6, 6.07) is 7.69. The zero-order valence-electron chi connectivity index (χ0n) is 12.9. The molecule has 1 amide bonds. The van der Waals surface area contributed by atoms with E-state index in [2.05, 4.69) is 12.2 Å². The quantitative estimate of drug-likeness (QED) is 0.835. The highest BCUT2D eigenvalue weighted by Crippen LogP contribution is 2.28. The lowest BCUT2D eigenvalue weighted by Gasteiger charge is -2.30. The van der Waals surface area contributed by atoms with Crippen molar-refractivity contribution in [3.8, 4) is 0 Å². The molecule has 0 spiro atoms. The number of thioether (sulfide) groups is 1. The summed E-state index contributed by atoms with van der Waals surface area (Å²) < 4.78 is 24.7. The van der Waals surface area contributed by atoms with E-state index in [4.69, 9.17) is 0 Å². The van der Waals surface area contributed by atoms with Crippen molar-refractivity contribution in [3.05, 3.63) is 24.3 Å². The highest BCUT2D eigenvalue weighted by atomic mass is 32.2. The standard InChI is InChI=1S/C15H22N2O3S2/c1-3-21-14-9-5-4-8-13(14)16-15(18)12-7-6-10-17(11-12)22(2,19)20/h4-5,8-9,12H,3,6-7,10-11H2,1-2H3,(H,16,18). The van der Waals surface area contributed by atoms with E-state index in [1.165, 1.54) is 10.6 Å². The molecule has 1 fully saturated rings. The van der Waals surface area contributed by atoms with Crippen LogP contribution in [-0.4, -0.2) is 43.7 Å². The number of para-hydroxylation sites is 1. The molecule has 7 heteroatoms. The lowest BCUT2D eigenvalue weighted by Crippen LogP contribution is -2.43. The minimum absolute atomic E-state index is 0.0995. The molecule has 1 aromatic rings. The van der Waals surface area contributed by atoms with Gasteiger partial charge in [-0.2, -0.15) is 0 Å². The van der Waals surface area contributed by atoms with E-state index in [1.807, 2.05) is 24.3 Å². The molecule has 22 heavy (non-hydrogen) atoms. The molecule has 1 N–H and O–H groups in total. The molecule has 0 bridgehead atoms. The largest absolute Gasteiger partial charge is 0.325 e. The van der Waals surface area contributed by atoms with Gasteiger partial charge in [0.2, 0.25) is 15.9 Å². The number of carbonyl (C=O) groups is 1. The van der Waals surface area contributed by atoms with Crippen molar-refractivity contribution in [2.45, 2.75) is 24.7 Å². The van der Waals surface area contributed by atoms with E-state index in [-0.39, 0.29) is 18.4 Å². The first-order valence-corrected chi connectivity index (χ1v) is 10.2. The molecule has 2 rings (SSSR count). The van der Waals surface area contributed by atoms with E-state index >= 15 is 0 Å². The first-order chi connectivity index (χ1) is 10.4. The topological polar surface area (TPSA) is 66.5 Å². The van der Waals surface area contributed by atoms with Crippen LogP contribution in [-0.2, 0) is 14.8 Å². The maximum Gasteiger partial charge on any atom is 0.228 e. The summed E-state index contributed by atoms with van der Waals surface area (Å²) in [5, 5.41) is 2.96. The summed E-state index contributed by atoms with van der Waals surface area (Å²) in [5.41, 5.74) is 0.802. The predicted molar refractivity (Wildman–Crippen MR) is 90.6 cm³/mol. The van der Waals surface area contributed by atoms with Crippen molar-refractivity contribution in [2.24, 2.45) is 5.92 Å². The van der Waals surface area contributed by atoms with E-state index in [0.29, 0.717) is 6.54 Å². The Morgan fingerprint density at radius 2 is 2.14 bits per heavy atom. The van der Waals surface area contributed by atoms with Crippen molar-refractivity contribution in [2.75, 3.05) is 30.4 Å². The molecule has 0 aliphatic carbocycles. The van der Waals surface area contributed by atoms with Gasteiger partial charge < -0.3 is 5.32 Å². The lowest BCUT2D eigenvalue weighted by atomic mass is 9.99.